The molecule has 21 heavy (non-hydrogen) atoms. The van der Waals surface area contributed by atoms with Gasteiger partial charge >= 0.3 is 12.2 Å². The van der Waals surface area contributed by atoms with Gasteiger partial charge in [0.25, 0.3) is 5.91 Å². The van der Waals surface area contributed by atoms with Crippen LogP contribution in [0.25, 0.3) is 0 Å². The summed E-state index contributed by atoms with van der Waals surface area (Å²) in [6.45, 7) is 2.97. The van der Waals surface area contributed by atoms with E-state index < -0.39 is 30.3 Å². The van der Waals surface area contributed by atoms with Gasteiger partial charge in [0, 0.05) is 6.04 Å². The third-order valence-electron chi connectivity index (χ3n) is 2.22. The zero-order valence-electron chi connectivity index (χ0n) is 11.5. The van der Waals surface area contributed by atoms with Gasteiger partial charge in [0.05, 0.1) is 5.56 Å². The fourth-order valence-corrected chi connectivity index (χ4v) is 1.35. The Bertz CT molecular complexity index is 498. The number of carbonyl (C=O) groups excluding carboxylic acids is 2. The number of imide groups is 1. The van der Waals surface area contributed by atoms with Crippen molar-refractivity contribution in [1.29, 1.82) is 0 Å². The number of hydrogen-bond donors (Lipinski definition) is 2. The van der Waals surface area contributed by atoms with Crippen LogP contribution in [0.15, 0.2) is 24.3 Å². The van der Waals surface area contributed by atoms with Crippen LogP contribution < -0.4 is 15.4 Å². The molecule has 0 atom stereocenters. The molecule has 0 aliphatic rings. The first-order valence-corrected chi connectivity index (χ1v) is 6.09. The van der Waals surface area contributed by atoms with Crippen LogP contribution in [0, 0.1) is 0 Å². The second-order valence-corrected chi connectivity index (χ2v) is 4.49. The molecular formula is C13H15F3N2O3. The van der Waals surface area contributed by atoms with Gasteiger partial charge < -0.3 is 10.1 Å². The van der Waals surface area contributed by atoms with Crippen molar-refractivity contribution in [2.75, 3.05) is 6.61 Å². The highest BCUT2D eigenvalue weighted by molar-refractivity contribution is 5.95. The number of rotatable bonds is 4. The van der Waals surface area contributed by atoms with Gasteiger partial charge in [-0.2, -0.15) is 13.2 Å². The van der Waals surface area contributed by atoms with Crippen LogP contribution in [0.5, 0.6) is 5.75 Å². The topological polar surface area (TPSA) is 67.4 Å². The van der Waals surface area contributed by atoms with E-state index in [0.29, 0.717) is 0 Å². The number of urea groups is 1. The maximum Gasteiger partial charge on any atom is 0.416 e. The normalized spacial score (nSPS) is 11.1. The second kappa shape index (κ2) is 6.96. The molecule has 5 nitrogen and oxygen atoms in total. The highest BCUT2D eigenvalue weighted by atomic mass is 19.4. The highest BCUT2D eigenvalue weighted by Crippen LogP contribution is 2.30. The van der Waals surface area contributed by atoms with Crippen molar-refractivity contribution >= 4 is 11.9 Å². The van der Waals surface area contributed by atoms with Crippen LogP contribution in [0.4, 0.5) is 18.0 Å². The number of hydrogen-bond acceptors (Lipinski definition) is 3. The van der Waals surface area contributed by atoms with Crippen LogP contribution >= 0.6 is 0 Å². The number of nitrogens with one attached hydrogen (secondary N) is 2. The largest absolute Gasteiger partial charge is 0.484 e. The minimum absolute atomic E-state index is 0.0995. The molecule has 0 fully saturated rings. The maximum absolute atomic E-state index is 12.3. The van der Waals surface area contributed by atoms with Gasteiger partial charge in [0.2, 0.25) is 0 Å². The first kappa shape index (κ1) is 16.8. The summed E-state index contributed by atoms with van der Waals surface area (Å²) < 4.78 is 42.0. The summed E-state index contributed by atoms with van der Waals surface area (Å²) in [7, 11) is 0. The van der Waals surface area contributed by atoms with Crippen molar-refractivity contribution in [3.63, 3.8) is 0 Å². The molecule has 0 aliphatic carbocycles. The van der Waals surface area contributed by atoms with Crippen LogP contribution in [-0.2, 0) is 11.0 Å². The smallest absolute Gasteiger partial charge is 0.416 e. The third-order valence-corrected chi connectivity index (χ3v) is 2.22. The molecule has 0 spiro atoms. The van der Waals surface area contributed by atoms with Crippen LogP contribution in [-0.4, -0.2) is 24.6 Å². The number of alkyl halides is 3. The van der Waals surface area contributed by atoms with Gasteiger partial charge in [0.1, 0.15) is 5.75 Å². The van der Waals surface area contributed by atoms with Crippen molar-refractivity contribution in [2.24, 2.45) is 0 Å². The average molecular weight is 304 g/mol. The summed E-state index contributed by atoms with van der Waals surface area (Å²) >= 11 is 0. The molecular weight excluding hydrogens is 289 g/mol. The SMILES string of the molecule is CC(C)NC(=O)NC(=O)COc1ccc(C(F)(F)F)cc1. The Labute approximate surface area is 119 Å². The summed E-state index contributed by atoms with van der Waals surface area (Å²) in [6, 6.07) is 3.10. The minimum Gasteiger partial charge on any atom is -0.484 e. The summed E-state index contributed by atoms with van der Waals surface area (Å²) in [6.07, 6.45) is -4.43. The minimum atomic E-state index is -4.43. The molecule has 0 saturated heterocycles. The van der Waals surface area contributed by atoms with Gasteiger partial charge in [-0.15, -0.1) is 0 Å². The van der Waals surface area contributed by atoms with Gasteiger partial charge in [-0.05, 0) is 38.1 Å². The molecule has 116 valence electrons. The molecule has 0 radical (unpaired) electrons. The van der Waals surface area contributed by atoms with Crippen molar-refractivity contribution in [3.05, 3.63) is 29.8 Å². The van der Waals surface area contributed by atoms with Gasteiger partial charge in [0.15, 0.2) is 6.61 Å². The first-order chi connectivity index (χ1) is 9.68. The molecule has 0 aliphatic heterocycles. The Balaban J connectivity index is 2.45. The van der Waals surface area contributed by atoms with E-state index in [2.05, 4.69) is 5.32 Å². The quantitative estimate of drug-likeness (QED) is 0.897. The summed E-state index contributed by atoms with van der Waals surface area (Å²) in [5, 5.41) is 4.47. The fourth-order valence-electron chi connectivity index (χ4n) is 1.35. The number of halogens is 3. The monoisotopic (exact) mass is 304 g/mol. The lowest BCUT2D eigenvalue weighted by Gasteiger charge is -2.10. The van der Waals surface area contributed by atoms with Crippen LogP contribution in [0.3, 0.4) is 0 Å². The summed E-state index contributed by atoms with van der Waals surface area (Å²) in [5.41, 5.74) is -0.810. The number of ether oxygens (including phenoxy) is 1. The average Bonchev–Trinajstić information content (AvgIpc) is 2.34. The zero-order valence-corrected chi connectivity index (χ0v) is 11.5. The number of benzene rings is 1. The molecule has 0 saturated carbocycles. The molecule has 0 bridgehead atoms. The second-order valence-electron chi connectivity index (χ2n) is 4.49. The molecule has 8 heteroatoms. The van der Waals surface area contributed by atoms with E-state index in [1.165, 1.54) is 0 Å². The van der Waals surface area contributed by atoms with E-state index in [0.717, 1.165) is 24.3 Å². The van der Waals surface area contributed by atoms with Crippen molar-refractivity contribution in [3.8, 4) is 5.75 Å². The Morgan fingerprint density at radius 1 is 1.19 bits per heavy atom. The lowest BCUT2D eigenvalue weighted by Crippen LogP contribution is -2.44. The first-order valence-electron chi connectivity index (χ1n) is 6.09. The predicted molar refractivity (Wildman–Crippen MR) is 68.7 cm³/mol. The molecule has 1 rings (SSSR count). The van der Waals surface area contributed by atoms with E-state index in [1.807, 2.05) is 5.32 Å². The zero-order chi connectivity index (χ0) is 16.0. The summed E-state index contributed by atoms with van der Waals surface area (Å²) in [4.78, 5) is 22.6. The molecule has 2 N–H and O–H groups in total. The van der Waals surface area contributed by atoms with Gasteiger partial charge in [-0.3, -0.25) is 10.1 Å². The van der Waals surface area contributed by atoms with E-state index >= 15 is 0 Å². The van der Waals surface area contributed by atoms with E-state index in [4.69, 9.17) is 4.74 Å². The maximum atomic E-state index is 12.3. The predicted octanol–water partition coefficient (Wildman–Crippen LogP) is 2.32. The number of amides is 3. The van der Waals surface area contributed by atoms with Gasteiger partial charge in [-0.1, -0.05) is 0 Å². The molecule has 1 aromatic rings. The van der Waals surface area contributed by atoms with Crippen LogP contribution in [0.1, 0.15) is 19.4 Å². The third kappa shape index (κ3) is 6.15. The Morgan fingerprint density at radius 3 is 2.24 bits per heavy atom. The molecule has 3 amide bonds. The number of carbonyl (C=O) groups is 2. The Morgan fingerprint density at radius 2 is 1.76 bits per heavy atom. The van der Waals surface area contributed by atoms with Crippen LogP contribution in [0.2, 0.25) is 0 Å². The fraction of sp³-hybridized carbons (Fsp3) is 0.385. The standard InChI is InChI=1S/C13H15F3N2O3/c1-8(2)17-12(20)18-11(19)7-21-10-5-3-9(4-6-10)13(14,15)16/h3-6,8H,7H2,1-2H3,(H2,17,18,19,20). The van der Waals surface area contributed by atoms with E-state index in [-0.39, 0.29) is 11.8 Å². The Kier molecular flexibility index (Phi) is 5.57. The van der Waals surface area contributed by atoms with E-state index in [9.17, 15) is 22.8 Å². The molecule has 0 aromatic heterocycles. The van der Waals surface area contributed by atoms with Gasteiger partial charge in [-0.25, -0.2) is 4.79 Å². The van der Waals surface area contributed by atoms with E-state index in [1.54, 1.807) is 13.8 Å². The van der Waals surface area contributed by atoms with Crippen molar-refractivity contribution in [2.45, 2.75) is 26.1 Å². The highest BCUT2D eigenvalue weighted by Gasteiger charge is 2.30. The van der Waals surface area contributed by atoms with Crippen molar-refractivity contribution < 1.29 is 27.5 Å². The van der Waals surface area contributed by atoms with Crippen molar-refractivity contribution in [1.82, 2.24) is 10.6 Å². The summed E-state index contributed by atoms with van der Waals surface area (Å²) in [5.74, 6) is -0.601. The molecule has 0 unspecified atom stereocenters. The molecule has 1 aromatic carbocycles. The lowest BCUT2D eigenvalue weighted by atomic mass is 10.2. The molecule has 0 heterocycles. The lowest BCUT2D eigenvalue weighted by molar-refractivity contribution is -0.137. The Hall–Kier alpha value is -2.25.